The summed E-state index contributed by atoms with van der Waals surface area (Å²) in [6.07, 6.45) is 5.45. The molecule has 0 spiro atoms. The van der Waals surface area contributed by atoms with Gasteiger partial charge in [0.15, 0.2) is 5.78 Å². The molecule has 1 aliphatic heterocycles. The maximum Gasteiger partial charge on any atom is 0.182 e. The number of carbonyl (C=O) groups is 1. The van der Waals surface area contributed by atoms with Crippen LogP contribution in [0.1, 0.15) is 26.9 Å². The normalized spacial score (nSPS) is 20.9. The van der Waals surface area contributed by atoms with Crippen molar-refractivity contribution < 1.29 is 4.79 Å². The lowest BCUT2D eigenvalue weighted by Gasteiger charge is -2.12. The van der Waals surface area contributed by atoms with Crippen LogP contribution in [0.25, 0.3) is 10.9 Å². The van der Waals surface area contributed by atoms with Gasteiger partial charge >= 0.3 is 0 Å². The van der Waals surface area contributed by atoms with Crippen LogP contribution >= 0.6 is 11.8 Å². The first-order chi connectivity index (χ1) is 11.2. The van der Waals surface area contributed by atoms with E-state index >= 15 is 0 Å². The number of rotatable bonds is 3. The number of benzene rings is 1. The number of para-hydroxylation sites is 1. The van der Waals surface area contributed by atoms with Gasteiger partial charge in [0.2, 0.25) is 0 Å². The van der Waals surface area contributed by atoms with Gasteiger partial charge in [0, 0.05) is 40.8 Å². The Morgan fingerprint density at radius 1 is 1.30 bits per heavy atom. The molecule has 5 heteroatoms. The van der Waals surface area contributed by atoms with Crippen LogP contribution < -0.4 is 5.32 Å². The Bertz CT molecular complexity index is 859. The first-order valence-corrected chi connectivity index (χ1v) is 8.67. The fraction of sp³-hybridized carbons (Fsp3) is 0.222. The summed E-state index contributed by atoms with van der Waals surface area (Å²) in [6.45, 7) is 2.05. The number of H-pyrrole nitrogens is 1. The van der Waals surface area contributed by atoms with Gasteiger partial charge in [0.05, 0.1) is 11.4 Å². The second-order valence-electron chi connectivity index (χ2n) is 5.78. The number of hydrogen-bond acceptors (Lipinski definition) is 4. The third-order valence-electron chi connectivity index (χ3n) is 4.28. The fourth-order valence-electron chi connectivity index (χ4n) is 3.04. The molecule has 1 aromatic carbocycles. The van der Waals surface area contributed by atoms with E-state index in [9.17, 15) is 4.79 Å². The second-order valence-corrected chi connectivity index (χ2v) is 6.92. The maximum atomic E-state index is 12.9. The van der Waals surface area contributed by atoms with Crippen molar-refractivity contribution >= 4 is 28.4 Å². The van der Waals surface area contributed by atoms with E-state index in [2.05, 4.69) is 28.3 Å². The number of fused-ring (bicyclic) bond motifs is 1. The van der Waals surface area contributed by atoms with Crippen molar-refractivity contribution in [2.45, 2.75) is 18.3 Å². The van der Waals surface area contributed by atoms with Gasteiger partial charge in [-0.05, 0) is 24.1 Å². The number of thioether (sulfide) groups is 1. The van der Waals surface area contributed by atoms with Gasteiger partial charge in [-0.25, -0.2) is 0 Å². The zero-order chi connectivity index (χ0) is 15.8. The summed E-state index contributed by atoms with van der Waals surface area (Å²) in [6, 6.07) is 9.86. The van der Waals surface area contributed by atoms with Crippen LogP contribution in [0, 0.1) is 6.92 Å². The smallest absolute Gasteiger partial charge is 0.182 e. The summed E-state index contributed by atoms with van der Waals surface area (Å²) in [4.78, 5) is 20.3. The van der Waals surface area contributed by atoms with Crippen molar-refractivity contribution in [3.8, 4) is 0 Å². The topological polar surface area (TPSA) is 57.8 Å². The summed E-state index contributed by atoms with van der Waals surface area (Å²) in [5, 5.41) is 4.57. The van der Waals surface area contributed by atoms with Crippen LogP contribution in [-0.4, -0.2) is 27.5 Å². The molecule has 116 valence electrons. The molecule has 0 amide bonds. The average Bonchev–Trinajstić information content (AvgIpc) is 3.23. The summed E-state index contributed by atoms with van der Waals surface area (Å²) < 4.78 is 0. The molecule has 4 nitrogen and oxygen atoms in total. The molecule has 2 aromatic heterocycles. The number of aryl methyl sites for hydroxylation is 1. The Kier molecular flexibility index (Phi) is 3.67. The number of ketones is 1. The van der Waals surface area contributed by atoms with Gasteiger partial charge in [0.25, 0.3) is 0 Å². The van der Waals surface area contributed by atoms with Gasteiger partial charge in [-0.15, -0.1) is 11.8 Å². The van der Waals surface area contributed by atoms with Crippen molar-refractivity contribution in [1.82, 2.24) is 15.3 Å². The third kappa shape index (κ3) is 2.56. The van der Waals surface area contributed by atoms with E-state index in [1.807, 2.05) is 36.7 Å². The Morgan fingerprint density at radius 2 is 2.22 bits per heavy atom. The number of carbonyl (C=O) groups excluding carboxylic acids is 1. The van der Waals surface area contributed by atoms with Crippen LogP contribution in [0.3, 0.4) is 0 Å². The lowest BCUT2D eigenvalue weighted by molar-refractivity contribution is 0.0957. The molecule has 1 aliphatic rings. The van der Waals surface area contributed by atoms with E-state index in [1.54, 1.807) is 18.0 Å². The number of nitrogens with one attached hydrogen (secondary N) is 2. The number of hydrogen-bond donors (Lipinski definition) is 2. The zero-order valence-corrected chi connectivity index (χ0v) is 13.6. The van der Waals surface area contributed by atoms with Crippen molar-refractivity contribution in [2.24, 2.45) is 0 Å². The summed E-state index contributed by atoms with van der Waals surface area (Å²) in [7, 11) is 0. The number of Topliss-reactive ketones (excluding diaryl/α,β-unsaturated/α-hetero) is 1. The highest BCUT2D eigenvalue weighted by atomic mass is 32.2. The minimum atomic E-state index is -0.162. The lowest BCUT2D eigenvalue weighted by Crippen LogP contribution is -2.34. The lowest BCUT2D eigenvalue weighted by atomic mass is 10.0. The monoisotopic (exact) mass is 323 g/mol. The SMILES string of the molecule is Cc1cccc2c(C(=O)[C@@H]3CSC(c4cccnc4)N3)c[nH]c12. The second kappa shape index (κ2) is 5.83. The predicted octanol–water partition coefficient (Wildman–Crippen LogP) is 3.46. The van der Waals surface area contributed by atoms with Gasteiger partial charge in [-0.3, -0.25) is 15.1 Å². The number of pyridine rings is 1. The predicted molar refractivity (Wildman–Crippen MR) is 93.7 cm³/mol. The largest absolute Gasteiger partial charge is 0.360 e. The maximum absolute atomic E-state index is 12.9. The minimum Gasteiger partial charge on any atom is -0.360 e. The highest BCUT2D eigenvalue weighted by molar-refractivity contribution is 7.99. The Hall–Kier alpha value is -2.11. The molecule has 23 heavy (non-hydrogen) atoms. The van der Waals surface area contributed by atoms with Crippen LogP contribution in [0.15, 0.2) is 48.9 Å². The number of aromatic amines is 1. The van der Waals surface area contributed by atoms with E-state index < -0.39 is 0 Å². The van der Waals surface area contributed by atoms with Crippen LogP contribution in [0.2, 0.25) is 0 Å². The number of nitrogens with zero attached hydrogens (tertiary/aromatic N) is 1. The highest BCUT2D eigenvalue weighted by Crippen LogP contribution is 2.34. The molecule has 3 aromatic rings. The van der Waals surface area contributed by atoms with Crippen LogP contribution in [0.5, 0.6) is 0 Å². The molecule has 4 rings (SSSR count). The molecule has 0 bridgehead atoms. The quantitative estimate of drug-likeness (QED) is 0.725. The van der Waals surface area contributed by atoms with Gasteiger partial charge in [-0.1, -0.05) is 24.3 Å². The molecule has 2 atom stereocenters. The third-order valence-corrected chi connectivity index (χ3v) is 5.54. The average molecular weight is 323 g/mol. The molecule has 1 fully saturated rings. The van der Waals surface area contributed by atoms with Crippen molar-refractivity contribution in [1.29, 1.82) is 0 Å². The highest BCUT2D eigenvalue weighted by Gasteiger charge is 2.32. The summed E-state index contributed by atoms with van der Waals surface area (Å²) in [5.41, 5.74) is 4.09. The first kappa shape index (κ1) is 14.5. The minimum absolute atomic E-state index is 0.129. The van der Waals surface area contributed by atoms with Crippen molar-refractivity contribution in [2.75, 3.05) is 5.75 Å². The molecule has 3 heterocycles. The molecular weight excluding hydrogens is 306 g/mol. The Balaban J connectivity index is 1.59. The van der Waals surface area contributed by atoms with E-state index in [0.29, 0.717) is 0 Å². The van der Waals surface area contributed by atoms with E-state index in [0.717, 1.165) is 33.3 Å². The van der Waals surface area contributed by atoms with E-state index in [-0.39, 0.29) is 17.2 Å². The summed E-state index contributed by atoms with van der Waals surface area (Å²) in [5.74, 6) is 0.928. The van der Waals surface area contributed by atoms with Crippen LogP contribution in [-0.2, 0) is 0 Å². The molecule has 0 aliphatic carbocycles. The summed E-state index contributed by atoms with van der Waals surface area (Å²) >= 11 is 1.76. The van der Waals surface area contributed by atoms with Crippen LogP contribution in [0.4, 0.5) is 0 Å². The molecule has 1 saturated heterocycles. The molecule has 0 saturated carbocycles. The molecule has 2 N–H and O–H groups in total. The van der Waals surface area contributed by atoms with Gasteiger partial charge in [-0.2, -0.15) is 0 Å². The molecule has 1 unspecified atom stereocenters. The Labute approximate surface area is 138 Å². The standard InChI is InChI=1S/C18H17N3OS/c1-11-4-2-6-13-14(9-20-16(11)13)17(22)15-10-23-18(21-15)12-5-3-7-19-8-12/h2-9,15,18,20-21H,10H2,1H3/t15-,18?/m0/s1. The molecular formula is C18H17N3OS. The van der Waals surface area contributed by atoms with Gasteiger partial charge < -0.3 is 4.98 Å². The van der Waals surface area contributed by atoms with E-state index in [4.69, 9.17) is 0 Å². The van der Waals surface area contributed by atoms with E-state index in [1.165, 1.54) is 0 Å². The van der Waals surface area contributed by atoms with Crippen molar-refractivity contribution in [3.05, 3.63) is 65.6 Å². The fourth-order valence-corrected chi connectivity index (χ4v) is 4.27. The van der Waals surface area contributed by atoms with Crippen molar-refractivity contribution in [3.63, 3.8) is 0 Å². The molecule has 0 radical (unpaired) electrons. The number of aromatic nitrogens is 2. The first-order valence-electron chi connectivity index (χ1n) is 7.62. The Morgan fingerprint density at radius 3 is 3.04 bits per heavy atom. The van der Waals surface area contributed by atoms with Gasteiger partial charge in [0.1, 0.15) is 0 Å². The zero-order valence-electron chi connectivity index (χ0n) is 12.7.